The maximum absolute atomic E-state index is 5.27. The largest absolute Gasteiger partial charge is 0.339 e. The highest BCUT2D eigenvalue weighted by molar-refractivity contribution is 5.39. The molecule has 1 aromatic carbocycles. The quantitative estimate of drug-likeness (QED) is 0.783. The fourth-order valence-electron chi connectivity index (χ4n) is 2.55. The van der Waals surface area contributed by atoms with E-state index >= 15 is 0 Å². The standard InChI is InChI=1S/C14H13N5O/c1-2-4-9(5-3-1)11-6-10(11)7-12-17-14(19-20-12)13-15-8-16-18-13/h1-5,8,10-11H,6-7H2,(H,15,16,18)/t10-,11-/m0/s1. The normalized spacial score (nSPS) is 21.0. The molecule has 2 atom stereocenters. The minimum Gasteiger partial charge on any atom is -0.339 e. The zero-order chi connectivity index (χ0) is 13.4. The van der Waals surface area contributed by atoms with Crippen LogP contribution in [0.15, 0.2) is 41.2 Å². The Kier molecular flexibility index (Phi) is 2.58. The SMILES string of the molecule is c1ccc([C@@H]2C[C@H]2Cc2nc(-c3ncn[nH]3)no2)cc1. The summed E-state index contributed by atoms with van der Waals surface area (Å²) in [6.45, 7) is 0. The van der Waals surface area contributed by atoms with Crippen LogP contribution in [0.25, 0.3) is 11.6 Å². The van der Waals surface area contributed by atoms with Crippen molar-refractivity contribution in [3.8, 4) is 11.6 Å². The lowest BCUT2D eigenvalue weighted by atomic mass is 10.1. The fourth-order valence-corrected chi connectivity index (χ4v) is 2.55. The summed E-state index contributed by atoms with van der Waals surface area (Å²) in [4.78, 5) is 8.35. The van der Waals surface area contributed by atoms with Crippen LogP contribution in [0.2, 0.25) is 0 Å². The van der Waals surface area contributed by atoms with Crippen molar-refractivity contribution >= 4 is 0 Å². The Morgan fingerprint density at radius 2 is 2.15 bits per heavy atom. The lowest BCUT2D eigenvalue weighted by Gasteiger charge is -1.97. The van der Waals surface area contributed by atoms with Crippen LogP contribution in [0.5, 0.6) is 0 Å². The molecule has 0 aliphatic heterocycles. The third-order valence-electron chi connectivity index (χ3n) is 3.68. The first-order valence-corrected chi connectivity index (χ1v) is 6.63. The molecule has 1 aliphatic carbocycles. The van der Waals surface area contributed by atoms with Crippen molar-refractivity contribution in [2.24, 2.45) is 5.92 Å². The Labute approximate surface area is 115 Å². The number of aromatic nitrogens is 5. The van der Waals surface area contributed by atoms with Crippen LogP contribution in [-0.2, 0) is 6.42 Å². The monoisotopic (exact) mass is 267 g/mol. The lowest BCUT2D eigenvalue weighted by Crippen LogP contribution is -1.91. The van der Waals surface area contributed by atoms with Crippen LogP contribution in [0.1, 0.15) is 23.8 Å². The van der Waals surface area contributed by atoms with E-state index in [-0.39, 0.29) is 0 Å². The highest BCUT2D eigenvalue weighted by Crippen LogP contribution is 2.48. The molecule has 0 spiro atoms. The van der Waals surface area contributed by atoms with Gasteiger partial charge in [-0.1, -0.05) is 35.5 Å². The smallest absolute Gasteiger partial charge is 0.239 e. The molecule has 6 heteroatoms. The van der Waals surface area contributed by atoms with E-state index < -0.39 is 0 Å². The number of hydrogen-bond donors (Lipinski definition) is 1. The first kappa shape index (κ1) is 11.3. The summed E-state index contributed by atoms with van der Waals surface area (Å²) in [6, 6.07) is 10.6. The van der Waals surface area contributed by atoms with Crippen molar-refractivity contribution in [1.82, 2.24) is 25.3 Å². The van der Waals surface area contributed by atoms with Crippen molar-refractivity contribution in [2.45, 2.75) is 18.8 Å². The maximum Gasteiger partial charge on any atom is 0.239 e. The Hall–Kier alpha value is -2.50. The minimum atomic E-state index is 0.467. The summed E-state index contributed by atoms with van der Waals surface area (Å²) in [7, 11) is 0. The molecule has 6 nitrogen and oxygen atoms in total. The Morgan fingerprint density at radius 3 is 2.95 bits per heavy atom. The number of benzene rings is 1. The number of rotatable bonds is 4. The van der Waals surface area contributed by atoms with E-state index in [2.05, 4.69) is 49.6 Å². The summed E-state index contributed by atoms with van der Waals surface area (Å²) in [5.74, 6) is 2.89. The van der Waals surface area contributed by atoms with Gasteiger partial charge in [-0.15, -0.1) is 0 Å². The second-order valence-electron chi connectivity index (χ2n) is 5.06. The van der Waals surface area contributed by atoms with Gasteiger partial charge in [0, 0.05) is 6.42 Å². The number of nitrogens with zero attached hydrogens (tertiary/aromatic N) is 4. The third-order valence-corrected chi connectivity index (χ3v) is 3.68. The molecule has 1 N–H and O–H groups in total. The molecule has 1 fully saturated rings. The first-order chi connectivity index (χ1) is 9.90. The van der Waals surface area contributed by atoms with Gasteiger partial charge in [-0.2, -0.15) is 10.1 Å². The van der Waals surface area contributed by atoms with Gasteiger partial charge in [-0.05, 0) is 23.8 Å². The van der Waals surface area contributed by atoms with E-state index in [1.165, 1.54) is 18.3 Å². The summed E-state index contributed by atoms with van der Waals surface area (Å²) < 4.78 is 5.27. The molecule has 0 amide bonds. The van der Waals surface area contributed by atoms with Gasteiger partial charge in [-0.25, -0.2) is 4.98 Å². The topological polar surface area (TPSA) is 80.5 Å². The van der Waals surface area contributed by atoms with Gasteiger partial charge >= 0.3 is 0 Å². The molecule has 0 unspecified atom stereocenters. The van der Waals surface area contributed by atoms with E-state index in [9.17, 15) is 0 Å². The van der Waals surface area contributed by atoms with Gasteiger partial charge in [-0.3, -0.25) is 5.10 Å². The molecular formula is C14H13N5O. The predicted molar refractivity (Wildman–Crippen MR) is 70.7 cm³/mol. The van der Waals surface area contributed by atoms with E-state index in [0.717, 1.165) is 6.42 Å². The molecule has 0 saturated heterocycles. The maximum atomic E-state index is 5.27. The van der Waals surface area contributed by atoms with Gasteiger partial charge in [0.15, 0.2) is 5.82 Å². The zero-order valence-corrected chi connectivity index (χ0v) is 10.7. The van der Waals surface area contributed by atoms with E-state index in [0.29, 0.717) is 29.4 Å². The highest BCUT2D eigenvalue weighted by Gasteiger charge is 2.39. The molecule has 3 aromatic rings. The lowest BCUT2D eigenvalue weighted by molar-refractivity contribution is 0.372. The molecule has 20 heavy (non-hydrogen) atoms. The fraction of sp³-hybridized carbons (Fsp3) is 0.286. The second kappa shape index (κ2) is 4.56. The van der Waals surface area contributed by atoms with Crippen molar-refractivity contribution in [1.29, 1.82) is 0 Å². The predicted octanol–water partition coefficient (Wildman–Crippen LogP) is 2.20. The van der Waals surface area contributed by atoms with Crippen LogP contribution in [0.3, 0.4) is 0 Å². The Morgan fingerprint density at radius 1 is 1.25 bits per heavy atom. The van der Waals surface area contributed by atoms with Gasteiger partial charge in [0.1, 0.15) is 6.33 Å². The average molecular weight is 267 g/mol. The molecule has 100 valence electrons. The van der Waals surface area contributed by atoms with Gasteiger partial charge < -0.3 is 4.52 Å². The highest BCUT2D eigenvalue weighted by atomic mass is 16.5. The Bertz CT molecular complexity index is 691. The van der Waals surface area contributed by atoms with Gasteiger partial charge in [0.2, 0.25) is 11.7 Å². The van der Waals surface area contributed by atoms with E-state index in [1.807, 2.05) is 6.07 Å². The number of nitrogens with one attached hydrogen (secondary N) is 1. The zero-order valence-electron chi connectivity index (χ0n) is 10.7. The Balaban J connectivity index is 1.44. The van der Waals surface area contributed by atoms with Crippen molar-refractivity contribution in [3.63, 3.8) is 0 Å². The van der Waals surface area contributed by atoms with E-state index in [1.54, 1.807) is 0 Å². The summed E-state index contributed by atoms with van der Waals surface area (Å²) >= 11 is 0. The molecule has 1 aliphatic rings. The number of aromatic amines is 1. The molecule has 1 saturated carbocycles. The molecule has 2 aromatic heterocycles. The molecule has 0 bridgehead atoms. The molecule has 0 radical (unpaired) electrons. The third kappa shape index (κ3) is 2.09. The summed E-state index contributed by atoms with van der Waals surface area (Å²) in [5, 5.41) is 10.4. The van der Waals surface area contributed by atoms with Gasteiger partial charge in [0.25, 0.3) is 0 Å². The molecular weight excluding hydrogens is 254 g/mol. The van der Waals surface area contributed by atoms with Crippen LogP contribution in [0.4, 0.5) is 0 Å². The second-order valence-corrected chi connectivity index (χ2v) is 5.06. The molecule has 2 heterocycles. The number of H-pyrrole nitrogens is 1. The van der Waals surface area contributed by atoms with Crippen LogP contribution >= 0.6 is 0 Å². The van der Waals surface area contributed by atoms with Crippen LogP contribution in [0, 0.1) is 5.92 Å². The average Bonchev–Trinajstić information content (AvgIpc) is 2.91. The summed E-state index contributed by atoms with van der Waals surface area (Å²) in [5.41, 5.74) is 1.40. The van der Waals surface area contributed by atoms with Crippen molar-refractivity contribution in [3.05, 3.63) is 48.1 Å². The van der Waals surface area contributed by atoms with Crippen molar-refractivity contribution < 1.29 is 4.52 Å². The van der Waals surface area contributed by atoms with Crippen LogP contribution < -0.4 is 0 Å². The number of hydrogen-bond acceptors (Lipinski definition) is 5. The first-order valence-electron chi connectivity index (χ1n) is 6.63. The minimum absolute atomic E-state index is 0.467. The van der Waals surface area contributed by atoms with Crippen LogP contribution in [-0.4, -0.2) is 25.3 Å². The van der Waals surface area contributed by atoms with E-state index in [4.69, 9.17) is 4.52 Å². The van der Waals surface area contributed by atoms with Crippen molar-refractivity contribution in [2.75, 3.05) is 0 Å². The van der Waals surface area contributed by atoms with Gasteiger partial charge in [0.05, 0.1) is 0 Å². The molecule has 4 rings (SSSR count). The summed E-state index contributed by atoms with van der Waals surface area (Å²) in [6.07, 6.45) is 3.43.